The van der Waals surface area contributed by atoms with Crippen molar-refractivity contribution in [1.29, 1.82) is 0 Å². The molecular weight excluding hydrogens is 276 g/mol. The van der Waals surface area contributed by atoms with Gasteiger partial charge in [0.1, 0.15) is 5.54 Å². The first-order valence-electron chi connectivity index (χ1n) is 5.62. The summed E-state index contributed by atoms with van der Waals surface area (Å²) in [5.41, 5.74) is -2.16. The van der Waals surface area contributed by atoms with E-state index in [1.54, 1.807) is 5.38 Å². The number of rotatable bonds is 3. The van der Waals surface area contributed by atoms with Crippen LogP contribution in [-0.4, -0.2) is 22.1 Å². The van der Waals surface area contributed by atoms with Crippen molar-refractivity contribution in [3.05, 3.63) is 33.6 Å². The summed E-state index contributed by atoms with van der Waals surface area (Å²) in [6.45, 7) is 0. The van der Waals surface area contributed by atoms with E-state index in [4.69, 9.17) is 5.11 Å². The summed E-state index contributed by atoms with van der Waals surface area (Å²) in [6, 6.07) is 1.48. The van der Waals surface area contributed by atoms with Crippen LogP contribution in [0.4, 0.5) is 8.78 Å². The van der Waals surface area contributed by atoms with E-state index in [1.165, 1.54) is 6.07 Å². The van der Waals surface area contributed by atoms with E-state index in [0.717, 1.165) is 22.1 Å². The quantitative estimate of drug-likeness (QED) is 0.942. The van der Waals surface area contributed by atoms with Gasteiger partial charge in [-0.25, -0.2) is 13.6 Å². The van der Waals surface area contributed by atoms with Gasteiger partial charge in [-0.2, -0.15) is 0 Å². The van der Waals surface area contributed by atoms with Crippen molar-refractivity contribution < 1.29 is 18.7 Å². The minimum absolute atomic E-state index is 0.100. The van der Waals surface area contributed by atoms with Gasteiger partial charge in [0.25, 0.3) is 12.0 Å². The highest BCUT2D eigenvalue weighted by Gasteiger charge is 2.53. The number of alkyl halides is 2. The zero-order valence-electron chi connectivity index (χ0n) is 9.60. The summed E-state index contributed by atoms with van der Waals surface area (Å²) in [5, 5.41) is 10.9. The number of aromatic nitrogens is 1. The van der Waals surface area contributed by atoms with Gasteiger partial charge < -0.3 is 9.67 Å². The predicted molar refractivity (Wildman–Crippen MR) is 66.3 cm³/mol. The SMILES string of the molecule is O=C(O)c1cn(C2(C(F)F)CC2)c(=O)c2ccsc12. The van der Waals surface area contributed by atoms with E-state index in [0.29, 0.717) is 4.70 Å². The van der Waals surface area contributed by atoms with Gasteiger partial charge in [0.15, 0.2) is 0 Å². The number of thiophene rings is 1. The molecule has 100 valence electrons. The van der Waals surface area contributed by atoms with Gasteiger partial charge in [-0.05, 0) is 24.3 Å². The van der Waals surface area contributed by atoms with Crippen molar-refractivity contribution in [1.82, 2.24) is 4.57 Å². The Morgan fingerprint density at radius 3 is 2.68 bits per heavy atom. The third kappa shape index (κ3) is 1.61. The maximum atomic E-state index is 13.1. The monoisotopic (exact) mass is 285 g/mol. The van der Waals surface area contributed by atoms with Crippen molar-refractivity contribution in [2.45, 2.75) is 24.8 Å². The van der Waals surface area contributed by atoms with Gasteiger partial charge >= 0.3 is 5.97 Å². The van der Waals surface area contributed by atoms with E-state index >= 15 is 0 Å². The maximum absolute atomic E-state index is 13.1. The molecule has 0 amide bonds. The summed E-state index contributed by atoms with van der Waals surface area (Å²) in [4.78, 5) is 23.4. The second-order valence-corrected chi connectivity index (χ2v) is 5.51. The maximum Gasteiger partial charge on any atom is 0.338 e. The molecule has 0 radical (unpaired) electrons. The molecule has 1 N–H and O–H groups in total. The van der Waals surface area contributed by atoms with Crippen molar-refractivity contribution in [2.24, 2.45) is 0 Å². The van der Waals surface area contributed by atoms with Gasteiger partial charge in [0, 0.05) is 6.20 Å². The summed E-state index contributed by atoms with van der Waals surface area (Å²) in [7, 11) is 0. The number of nitrogens with zero attached hydrogens (tertiary/aromatic N) is 1. The standard InChI is InChI=1S/C12H9F2NO3S/c13-11(14)12(2-3-12)15-5-7(10(17)18)8-6(9(15)16)1-4-19-8/h1,4-5,11H,2-3H2,(H,17,18). The van der Waals surface area contributed by atoms with Crippen LogP contribution in [0.15, 0.2) is 22.4 Å². The van der Waals surface area contributed by atoms with Crippen molar-refractivity contribution in [2.75, 3.05) is 0 Å². The van der Waals surface area contributed by atoms with Crippen LogP contribution in [0.25, 0.3) is 10.1 Å². The van der Waals surface area contributed by atoms with Crippen LogP contribution in [-0.2, 0) is 5.54 Å². The van der Waals surface area contributed by atoms with E-state index in [1.807, 2.05) is 0 Å². The van der Waals surface area contributed by atoms with E-state index in [2.05, 4.69) is 0 Å². The van der Waals surface area contributed by atoms with Crippen LogP contribution < -0.4 is 5.56 Å². The summed E-state index contributed by atoms with van der Waals surface area (Å²) >= 11 is 1.12. The molecule has 2 aromatic heterocycles. The molecule has 0 saturated heterocycles. The number of fused-ring (bicyclic) bond motifs is 1. The molecule has 19 heavy (non-hydrogen) atoms. The Morgan fingerprint density at radius 2 is 2.16 bits per heavy atom. The highest BCUT2D eigenvalue weighted by molar-refractivity contribution is 7.17. The Morgan fingerprint density at radius 1 is 1.47 bits per heavy atom. The molecule has 1 aliphatic carbocycles. The average Bonchev–Trinajstić information content (AvgIpc) is 3.00. The first-order valence-corrected chi connectivity index (χ1v) is 6.50. The first-order chi connectivity index (χ1) is 8.97. The number of halogens is 2. The normalized spacial score (nSPS) is 17.0. The number of aromatic carboxylic acids is 1. The molecule has 1 fully saturated rings. The number of carboxylic acid groups (broad SMARTS) is 1. The van der Waals surface area contributed by atoms with Crippen molar-refractivity contribution in [3.63, 3.8) is 0 Å². The lowest BCUT2D eigenvalue weighted by Crippen LogP contribution is -2.35. The molecule has 4 nitrogen and oxygen atoms in total. The van der Waals surface area contributed by atoms with Crippen LogP contribution in [0.5, 0.6) is 0 Å². The molecule has 3 rings (SSSR count). The van der Waals surface area contributed by atoms with E-state index in [9.17, 15) is 18.4 Å². The fourth-order valence-electron chi connectivity index (χ4n) is 2.24. The zero-order valence-corrected chi connectivity index (χ0v) is 10.4. The highest BCUT2D eigenvalue weighted by Crippen LogP contribution is 2.48. The lowest BCUT2D eigenvalue weighted by molar-refractivity contribution is 0.0633. The molecule has 0 atom stereocenters. The van der Waals surface area contributed by atoms with Gasteiger partial charge in [-0.15, -0.1) is 11.3 Å². The molecule has 0 aromatic carbocycles. The average molecular weight is 285 g/mol. The third-order valence-corrected chi connectivity index (χ3v) is 4.44. The van der Waals surface area contributed by atoms with Crippen LogP contribution >= 0.6 is 11.3 Å². The molecule has 1 aliphatic rings. The van der Waals surface area contributed by atoms with E-state index in [-0.39, 0.29) is 23.8 Å². The lowest BCUT2D eigenvalue weighted by Gasteiger charge is -2.18. The minimum Gasteiger partial charge on any atom is -0.478 e. The summed E-state index contributed by atoms with van der Waals surface area (Å²) in [5.74, 6) is -1.22. The predicted octanol–water partition coefficient (Wildman–Crippen LogP) is 2.52. The Kier molecular flexibility index (Phi) is 2.50. The smallest absolute Gasteiger partial charge is 0.338 e. The lowest BCUT2D eigenvalue weighted by atomic mass is 10.2. The fourth-order valence-corrected chi connectivity index (χ4v) is 3.13. The molecule has 7 heteroatoms. The molecule has 1 saturated carbocycles. The van der Waals surface area contributed by atoms with Crippen LogP contribution in [0.2, 0.25) is 0 Å². The molecule has 0 aliphatic heterocycles. The molecular formula is C12H9F2NO3S. The van der Waals surface area contributed by atoms with Gasteiger partial charge in [0.05, 0.1) is 15.6 Å². The number of pyridine rings is 1. The van der Waals surface area contributed by atoms with Crippen LogP contribution in [0.3, 0.4) is 0 Å². The Balaban J connectivity index is 2.35. The molecule has 0 bridgehead atoms. The highest BCUT2D eigenvalue weighted by atomic mass is 32.1. The number of hydrogen-bond acceptors (Lipinski definition) is 3. The zero-order chi connectivity index (χ0) is 13.8. The minimum atomic E-state index is -2.68. The van der Waals surface area contributed by atoms with Gasteiger partial charge in [-0.1, -0.05) is 0 Å². The summed E-state index contributed by atoms with van der Waals surface area (Å²) < 4.78 is 27.4. The van der Waals surface area contributed by atoms with Gasteiger partial charge in [0.2, 0.25) is 0 Å². The van der Waals surface area contributed by atoms with Gasteiger partial charge in [-0.3, -0.25) is 4.79 Å². The second-order valence-electron chi connectivity index (χ2n) is 4.59. The number of carboxylic acids is 1. The molecule has 2 aromatic rings. The van der Waals surface area contributed by atoms with Crippen LogP contribution in [0, 0.1) is 0 Å². The third-order valence-electron chi connectivity index (χ3n) is 3.50. The van der Waals surface area contributed by atoms with Crippen molar-refractivity contribution >= 4 is 27.4 Å². The molecule has 2 heterocycles. The number of hydrogen-bond donors (Lipinski definition) is 1. The molecule has 0 spiro atoms. The topological polar surface area (TPSA) is 59.3 Å². The van der Waals surface area contributed by atoms with Crippen molar-refractivity contribution in [3.8, 4) is 0 Å². The second kappa shape index (κ2) is 3.86. The number of carbonyl (C=O) groups is 1. The summed E-state index contributed by atoms with van der Waals surface area (Å²) in [6.07, 6.45) is -1.23. The first kappa shape index (κ1) is 12.3. The van der Waals surface area contributed by atoms with E-state index < -0.39 is 23.5 Å². The Hall–Kier alpha value is -1.76. The molecule has 0 unspecified atom stereocenters. The fraction of sp³-hybridized carbons (Fsp3) is 0.333. The Bertz CT molecular complexity index is 730. The van der Waals surface area contributed by atoms with Crippen LogP contribution in [0.1, 0.15) is 23.2 Å². The Labute approximate surface area is 109 Å². The largest absolute Gasteiger partial charge is 0.478 e.